The van der Waals surface area contributed by atoms with Crippen LogP contribution in [0.2, 0.25) is 0 Å². The van der Waals surface area contributed by atoms with Gasteiger partial charge in [-0.15, -0.1) is 0 Å². The van der Waals surface area contributed by atoms with Gasteiger partial charge in [-0.3, -0.25) is 4.98 Å². The third-order valence-corrected chi connectivity index (χ3v) is 8.67. The number of nitrogens with zero attached hydrogens (tertiary/aromatic N) is 2. The van der Waals surface area contributed by atoms with E-state index in [1.54, 1.807) is 34.1 Å². The van der Waals surface area contributed by atoms with Gasteiger partial charge in [0.25, 0.3) is 0 Å². The lowest BCUT2D eigenvalue weighted by atomic mass is 9.85. The number of carbonyl (C=O) groups is 1. The molecule has 4 rings (SSSR count). The zero-order valence-corrected chi connectivity index (χ0v) is 26.7. The van der Waals surface area contributed by atoms with Gasteiger partial charge in [0.2, 0.25) is 0 Å². The predicted octanol–water partition coefficient (Wildman–Crippen LogP) is 4.38. The average molecular weight is 623 g/mol. The lowest BCUT2D eigenvalue weighted by molar-refractivity contribution is -0.165. The third-order valence-electron chi connectivity index (χ3n) is 7.68. The number of nitrogens with one attached hydrogen (secondary N) is 2. The Morgan fingerprint density at radius 1 is 1.14 bits per heavy atom. The Morgan fingerprint density at radius 3 is 2.58 bits per heavy atom. The van der Waals surface area contributed by atoms with Crippen molar-refractivity contribution in [2.45, 2.75) is 71.7 Å². The zero-order chi connectivity index (χ0) is 31.0. The number of anilines is 1. The van der Waals surface area contributed by atoms with Gasteiger partial charge in [-0.1, -0.05) is 6.92 Å². The number of aromatic nitrogens is 1. The summed E-state index contributed by atoms with van der Waals surface area (Å²) in [7, 11) is -2.40. The summed E-state index contributed by atoms with van der Waals surface area (Å²) in [5.41, 5.74) is 1.09. The monoisotopic (exact) mass is 622 g/mol. The minimum Gasteiger partial charge on any atom is -0.493 e. The smallest absolute Gasteiger partial charge is 0.422 e. The number of hydrogen-bond acceptors (Lipinski definition) is 10. The Morgan fingerprint density at radius 2 is 1.91 bits per heavy atom. The van der Waals surface area contributed by atoms with E-state index < -0.39 is 21.9 Å². The van der Waals surface area contributed by atoms with E-state index in [4.69, 9.17) is 23.7 Å². The Labute approximate surface area is 254 Å². The molecule has 43 heavy (non-hydrogen) atoms. The van der Waals surface area contributed by atoms with E-state index in [1.165, 1.54) is 0 Å². The normalized spacial score (nSPS) is 19.2. The molecule has 1 aromatic carbocycles. The van der Waals surface area contributed by atoms with Crippen LogP contribution in [0.5, 0.6) is 11.5 Å². The van der Waals surface area contributed by atoms with Crippen LogP contribution in [0.3, 0.4) is 0 Å². The molecule has 3 heterocycles. The van der Waals surface area contributed by atoms with Crippen molar-refractivity contribution in [3.05, 3.63) is 24.4 Å². The molecule has 2 aromatic rings. The number of fused-ring (bicyclic) bond motifs is 1. The first-order valence-electron chi connectivity index (χ1n) is 15.0. The van der Waals surface area contributed by atoms with Crippen molar-refractivity contribution < 1.29 is 36.9 Å². The van der Waals surface area contributed by atoms with E-state index in [0.717, 1.165) is 68.4 Å². The van der Waals surface area contributed by atoms with Crippen molar-refractivity contribution >= 4 is 32.9 Å². The van der Waals surface area contributed by atoms with Crippen LogP contribution >= 0.6 is 0 Å². The van der Waals surface area contributed by atoms with Crippen molar-refractivity contribution in [1.29, 1.82) is 0 Å². The summed E-state index contributed by atoms with van der Waals surface area (Å²) in [6.45, 7) is 10.4. The van der Waals surface area contributed by atoms with Gasteiger partial charge in [0.1, 0.15) is 12.2 Å². The molecule has 0 radical (unpaired) electrons. The van der Waals surface area contributed by atoms with Crippen LogP contribution in [-0.4, -0.2) is 78.0 Å². The molecule has 2 aliphatic rings. The number of methoxy groups -OCH3 is 1. The van der Waals surface area contributed by atoms with Gasteiger partial charge in [-0.25, -0.2) is 9.52 Å². The molecule has 2 fully saturated rings. The number of carbonyl (C=O) groups excluding carboxylic acids is 1. The summed E-state index contributed by atoms with van der Waals surface area (Å²) in [6.07, 6.45) is 5.53. The molecule has 0 aliphatic carbocycles. The first-order valence-corrected chi connectivity index (χ1v) is 16.5. The van der Waals surface area contributed by atoms with Crippen LogP contribution in [0, 0.1) is 11.8 Å². The Kier molecular flexibility index (Phi) is 11.3. The van der Waals surface area contributed by atoms with Crippen LogP contribution in [0.25, 0.3) is 10.9 Å². The first-order chi connectivity index (χ1) is 20.4. The van der Waals surface area contributed by atoms with E-state index in [0.29, 0.717) is 30.6 Å². The molecule has 2 unspecified atom stereocenters. The minimum atomic E-state index is -4.02. The van der Waals surface area contributed by atoms with E-state index in [9.17, 15) is 13.2 Å². The average Bonchev–Trinajstić information content (AvgIpc) is 2.96. The number of piperidine rings is 1. The lowest BCUT2D eigenvalue weighted by Crippen LogP contribution is -2.45. The Balaban J connectivity index is 1.32. The Hall–Kier alpha value is -2.87. The predicted molar refractivity (Wildman–Crippen MR) is 164 cm³/mol. The number of amides is 1. The van der Waals surface area contributed by atoms with Gasteiger partial charge in [-0.2, -0.15) is 13.1 Å². The highest BCUT2D eigenvalue weighted by Gasteiger charge is 2.27. The SMILES string of the molecule is COc1cc2nccc(N3CCC(C(C)CNS(=O)(=O)NC(=O)OC(C)(C)C)CC3)c2cc1OCCOC1CCCCO1. The van der Waals surface area contributed by atoms with Gasteiger partial charge < -0.3 is 28.6 Å². The quantitative estimate of drug-likeness (QED) is 0.328. The summed E-state index contributed by atoms with van der Waals surface area (Å²) in [5.74, 6) is 1.65. The van der Waals surface area contributed by atoms with Crippen molar-refractivity contribution in [2.75, 3.05) is 51.5 Å². The first kappa shape index (κ1) is 33.0. The zero-order valence-electron chi connectivity index (χ0n) is 25.9. The van der Waals surface area contributed by atoms with Crippen molar-refractivity contribution in [3.8, 4) is 11.5 Å². The van der Waals surface area contributed by atoms with Crippen LogP contribution in [0.4, 0.5) is 10.5 Å². The molecular formula is C30H46N4O8S. The summed E-state index contributed by atoms with van der Waals surface area (Å²) in [5, 5.41) is 0.974. The molecule has 13 heteroatoms. The fourth-order valence-corrected chi connectivity index (χ4v) is 6.24. The van der Waals surface area contributed by atoms with Gasteiger partial charge in [0.15, 0.2) is 17.8 Å². The minimum absolute atomic E-state index is 0.0806. The highest BCUT2D eigenvalue weighted by atomic mass is 32.2. The molecule has 2 saturated heterocycles. The van der Waals surface area contributed by atoms with Gasteiger partial charge in [0.05, 0.1) is 19.2 Å². The van der Waals surface area contributed by atoms with Crippen LogP contribution in [0.15, 0.2) is 24.4 Å². The fourth-order valence-electron chi connectivity index (χ4n) is 5.42. The maximum absolute atomic E-state index is 12.3. The molecular weight excluding hydrogens is 576 g/mol. The summed E-state index contributed by atoms with van der Waals surface area (Å²) >= 11 is 0. The van der Waals surface area contributed by atoms with Gasteiger partial charge in [-0.05, 0) is 76.8 Å². The standard InChI is InChI=1S/C30H46N4O8S/c1-21(20-32-43(36,37)33-29(35)42-30(2,3)4)22-10-13-34(14-11-22)25-9-12-31-24-19-26(38-5)27(18-23(24)25)39-16-17-41-28-8-6-7-15-40-28/h9,12,18-19,21-22,28,32H,6-8,10-11,13-17,20H2,1-5H3,(H,33,35). The highest BCUT2D eigenvalue weighted by molar-refractivity contribution is 7.88. The number of benzene rings is 1. The largest absolute Gasteiger partial charge is 0.493 e. The summed E-state index contributed by atoms with van der Waals surface area (Å²) in [6, 6.07) is 5.89. The number of pyridine rings is 1. The third kappa shape index (κ3) is 9.82. The van der Waals surface area contributed by atoms with Crippen molar-refractivity contribution in [2.24, 2.45) is 11.8 Å². The van der Waals surface area contributed by atoms with Crippen LogP contribution in [0.1, 0.15) is 59.8 Å². The maximum Gasteiger partial charge on any atom is 0.422 e. The van der Waals surface area contributed by atoms with Crippen molar-refractivity contribution in [3.63, 3.8) is 0 Å². The molecule has 2 N–H and O–H groups in total. The Bertz CT molecular complexity index is 1320. The van der Waals surface area contributed by atoms with E-state index in [2.05, 4.69) is 14.6 Å². The lowest BCUT2D eigenvalue weighted by Gasteiger charge is -2.36. The van der Waals surface area contributed by atoms with Crippen LogP contribution in [-0.2, 0) is 24.4 Å². The number of hydrogen-bond donors (Lipinski definition) is 2. The number of ether oxygens (including phenoxy) is 5. The molecule has 2 aliphatic heterocycles. The second kappa shape index (κ2) is 14.7. The van der Waals surface area contributed by atoms with Gasteiger partial charge >= 0.3 is 16.3 Å². The molecule has 0 bridgehead atoms. The molecule has 1 aromatic heterocycles. The van der Waals surface area contributed by atoms with E-state index >= 15 is 0 Å². The molecule has 0 spiro atoms. The number of rotatable bonds is 12. The van der Waals surface area contributed by atoms with E-state index in [-0.39, 0.29) is 18.8 Å². The second-order valence-electron chi connectivity index (χ2n) is 12.1. The van der Waals surface area contributed by atoms with E-state index in [1.807, 2.05) is 29.8 Å². The summed E-state index contributed by atoms with van der Waals surface area (Å²) in [4.78, 5) is 18.8. The van der Waals surface area contributed by atoms with Crippen molar-refractivity contribution in [1.82, 2.24) is 14.4 Å². The molecule has 2 atom stereocenters. The second-order valence-corrected chi connectivity index (χ2v) is 13.6. The molecule has 1 amide bonds. The van der Waals surface area contributed by atoms with Crippen LogP contribution < -0.4 is 23.8 Å². The molecule has 12 nitrogen and oxygen atoms in total. The molecule has 0 saturated carbocycles. The summed E-state index contributed by atoms with van der Waals surface area (Å²) < 4.78 is 57.2. The molecule has 240 valence electrons. The topological polar surface area (TPSA) is 138 Å². The fraction of sp³-hybridized carbons (Fsp3) is 0.667. The van der Waals surface area contributed by atoms with Gasteiger partial charge in [0, 0.05) is 49.6 Å². The highest BCUT2D eigenvalue weighted by Crippen LogP contribution is 2.37. The maximum atomic E-state index is 12.3.